The van der Waals surface area contributed by atoms with Crippen molar-refractivity contribution >= 4 is 47.2 Å². The highest BCUT2D eigenvalue weighted by Gasteiger charge is 2.09. The Bertz CT molecular complexity index is 922. The molecule has 0 radical (unpaired) electrons. The van der Waals surface area contributed by atoms with Crippen LogP contribution in [0.2, 0.25) is 5.02 Å². The van der Waals surface area contributed by atoms with Crippen molar-refractivity contribution in [2.75, 3.05) is 20.6 Å². The summed E-state index contributed by atoms with van der Waals surface area (Å²) in [5.41, 5.74) is 4.34. The fraction of sp³-hybridized carbons (Fsp3) is 0.300. The number of benzene rings is 1. The minimum absolute atomic E-state index is 0. The van der Waals surface area contributed by atoms with Gasteiger partial charge in [0.2, 0.25) is 0 Å². The largest absolute Gasteiger partial charge is 0.356 e. The number of pyridine rings is 1. The first-order chi connectivity index (χ1) is 12.6. The molecule has 0 amide bonds. The number of aliphatic imine (C=N–C) groups is 1. The van der Waals surface area contributed by atoms with Crippen LogP contribution in [0.15, 0.2) is 53.8 Å². The maximum Gasteiger partial charge on any atom is 0.193 e. The van der Waals surface area contributed by atoms with E-state index in [9.17, 15) is 0 Å². The molecule has 0 saturated heterocycles. The second kappa shape index (κ2) is 9.94. The summed E-state index contributed by atoms with van der Waals surface area (Å²) in [7, 11) is 3.80. The van der Waals surface area contributed by atoms with Crippen LogP contribution in [0.1, 0.15) is 16.8 Å². The van der Waals surface area contributed by atoms with Gasteiger partial charge in [0.25, 0.3) is 0 Å². The smallest absolute Gasteiger partial charge is 0.193 e. The molecule has 0 spiro atoms. The molecule has 0 unspecified atom stereocenters. The lowest BCUT2D eigenvalue weighted by atomic mass is 10.2. The third-order valence-corrected chi connectivity index (χ3v) is 4.70. The average molecular weight is 498 g/mol. The van der Waals surface area contributed by atoms with E-state index in [0.29, 0.717) is 6.54 Å². The van der Waals surface area contributed by atoms with E-state index in [0.717, 1.165) is 40.9 Å². The van der Waals surface area contributed by atoms with Gasteiger partial charge in [-0.15, -0.1) is 24.0 Å². The van der Waals surface area contributed by atoms with Crippen LogP contribution in [0.3, 0.4) is 0 Å². The van der Waals surface area contributed by atoms with Crippen LogP contribution in [-0.2, 0) is 13.0 Å². The number of fused-ring (bicyclic) bond motifs is 1. The van der Waals surface area contributed by atoms with Crippen molar-refractivity contribution in [3.63, 3.8) is 0 Å². The summed E-state index contributed by atoms with van der Waals surface area (Å²) in [6.45, 7) is 3.55. The fourth-order valence-electron chi connectivity index (χ4n) is 2.97. The molecular weight excluding hydrogens is 473 g/mol. The summed E-state index contributed by atoms with van der Waals surface area (Å²) in [5.74, 6) is 0.838. The first-order valence-corrected chi connectivity index (χ1v) is 9.04. The Labute approximate surface area is 182 Å². The van der Waals surface area contributed by atoms with Crippen molar-refractivity contribution in [2.24, 2.45) is 4.99 Å². The molecule has 0 bridgehead atoms. The molecule has 2 aromatic heterocycles. The van der Waals surface area contributed by atoms with Crippen LogP contribution in [0.25, 0.3) is 5.65 Å². The maximum absolute atomic E-state index is 6.25. The molecule has 3 aromatic rings. The number of imidazole rings is 1. The molecule has 1 N–H and O–H groups in total. The van der Waals surface area contributed by atoms with Crippen molar-refractivity contribution in [2.45, 2.75) is 19.9 Å². The minimum atomic E-state index is 0. The first kappa shape index (κ1) is 21.5. The number of hydrogen-bond donors (Lipinski definition) is 1. The van der Waals surface area contributed by atoms with Gasteiger partial charge in [-0.3, -0.25) is 4.99 Å². The Kier molecular flexibility index (Phi) is 7.91. The number of aromatic nitrogens is 2. The molecule has 5 nitrogen and oxygen atoms in total. The molecule has 1 aromatic carbocycles. The number of aryl methyl sites for hydroxylation is 1. The topological polar surface area (TPSA) is 44.9 Å². The number of nitrogens with one attached hydrogen (secondary N) is 1. The van der Waals surface area contributed by atoms with Crippen molar-refractivity contribution in [1.29, 1.82) is 0 Å². The van der Waals surface area contributed by atoms with E-state index < -0.39 is 0 Å². The summed E-state index contributed by atoms with van der Waals surface area (Å²) in [6, 6.07) is 12.0. The molecule has 2 heterocycles. The Morgan fingerprint density at radius 2 is 2.04 bits per heavy atom. The normalized spacial score (nSPS) is 11.3. The fourth-order valence-corrected chi connectivity index (χ4v) is 3.16. The zero-order valence-electron chi connectivity index (χ0n) is 15.8. The maximum atomic E-state index is 6.25. The number of nitrogens with zero attached hydrogens (tertiary/aromatic N) is 4. The van der Waals surface area contributed by atoms with Gasteiger partial charge in [-0.1, -0.05) is 35.9 Å². The van der Waals surface area contributed by atoms with Gasteiger partial charge in [0.15, 0.2) is 5.96 Å². The summed E-state index contributed by atoms with van der Waals surface area (Å²) in [6.07, 6.45) is 4.95. The Morgan fingerprint density at radius 3 is 2.74 bits per heavy atom. The van der Waals surface area contributed by atoms with Gasteiger partial charge >= 0.3 is 0 Å². The highest BCUT2D eigenvalue weighted by Crippen LogP contribution is 2.16. The molecule has 7 heteroatoms. The van der Waals surface area contributed by atoms with Crippen LogP contribution in [0.5, 0.6) is 0 Å². The van der Waals surface area contributed by atoms with Crippen LogP contribution >= 0.6 is 35.6 Å². The quantitative estimate of drug-likeness (QED) is 0.327. The molecule has 3 rings (SSSR count). The molecule has 27 heavy (non-hydrogen) atoms. The van der Waals surface area contributed by atoms with Crippen LogP contribution in [0.4, 0.5) is 0 Å². The number of halogens is 2. The highest BCUT2D eigenvalue weighted by atomic mass is 127. The van der Waals surface area contributed by atoms with Crippen LogP contribution < -0.4 is 5.32 Å². The Balaban J connectivity index is 0.00000261. The monoisotopic (exact) mass is 497 g/mol. The van der Waals surface area contributed by atoms with Crippen molar-refractivity contribution in [1.82, 2.24) is 19.6 Å². The lowest BCUT2D eigenvalue weighted by Gasteiger charge is -2.22. The van der Waals surface area contributed by atoms with Gasteiger partial charge in [-0.25, -0.2) is 4.98 Å². The van der Waals surface area contributed by atoms with E-state index in [1.165, 1.54) is 5.56 Å². The van der Waals surface area contributed by atoms with E-state index in [4.69, 9.17) is 16.6 Å². The lowest BCUT2D eigenvalue weighted by molar-refractivity contribution is 0.477. The predicted molar refractivity (Wildman–Crippen MR) is 123 cm³/mol. The standard InChI is InChI=1S/C20H24ClN5.HI/c1-15-7-6-12-26-14-17(24-19(15)26)10-11-23-20(22-2)25(3)13-16-8-4-5-9-18(16)21;/h4-9,12,14H,10-11,13H2,1-3H3,(H,22,23);1H. The van der Waals surface area contributed by atoms with Gasteiger partial charge in [0.1, 0.15) is 5.65 Å². The molecule has 0 aliphatic carbocycles. The summed E-state index contributed by atoms with van der Waals surface area (Å²) in [4.78, 5) is 11.1. The zero-order chi connectivity index (χ0) is 18.5. The van der Waals surface area contributed by atoms with Gasteiger partial charge in [0.05, 0.1) is 5.69 Å². The van der Waals surface area contributed by atoms with E-state index in [1.54, 1.807) is 7.05 Å². The second-order valence-electron chi connectivity index (χ2n) is 6.33. The first-order valence-electron chi connectivity index (χ1n) is 8.67. The molecular formula is C20H25ClIN5. The number of hydrogen-bond acceptors (Lipinski definition) is 2. The average Bonchev–Trinajstić information content (AvgIpc) is 3.05. The third kappa shape index (κ3) is 5.35. The van der Waals surface area contributed by atoms with Crippen molar-refractivity contribution in [3.8, 4) is 0 Å². The molecule has 0 saturated carbocycles. The van der Waals surface area contributed by atoms with Crippen LogP contribution in [-0.4, -0.2) is 40.9 Å². The third-order valence-electron chi connectivity index (χ3n) is 4.33. The summed E-state index contributed by atoms with van der Waals surface area (Å²) < 4.78 is 2.07. The Hall–Kier alpha value is -1.80. The van der Waals surface area contributed by atoms with Crippen LogP contribution in [0, 0.1) is 6.92 Å². The molecule has 0 fully saturated rings. The molecule has 0 aliphatic heterocycles. The summed E-state index contributed by atoms with van der Waals surface area (Å²) >= 11 is 6.25. The minimum Gasteiger partial charge on any atom is -0.356 e. The number of guanidine groups is 1. The summed E-state index contributed by atoms with van der Waals surface area (Å²) in [5, 5.41) is 4.17. The van der Waals surface area contributed by atoms with Crippen molar-refractivity contribution in [3.05, 3.63) is 70.6 Å². The highest BCUT2D eigenvalue weighted by molar-refractivity contribution is 14.0. The second-order valence-corrected chi connectivity index (χ2v) is 6.73. The zero-order valence-corrected chi connectivity index (χ0v) is 18.9. The predicted octanol–water partition coefficient (Wildman–Crippen LogP) is 4.16. The Morgan fingerprint density at radius 1 is 1.26 bits per heavy atom. The van der Waals surface area contributed by atoms with Gasteiger partial charge in [-0.05, 0) is 30.2 Å². The van der Waals surface area contributed by atoms with E-state index in [1.807, 2.05) is 43.6 Å². The lowest BCUT2D eigenvalue weighted by Crippen LogP contribution is -2.39. The van der Waals surface area contributed by atoms with Gasteiger partial charge in [-0.2, -0.15) is 0 Å². The number of rotatable bonds is 5. The van der Waals surface area contributed by atoms with Gasteiger partial charge < -0.3 is 14.6 Å². The van der Waals surface area contributed by atoms with Crippen molar-refractivity contribution < 1.29 is 0 Å². The van der Waals surface area contributed by atoms with Gasteiger partial charge in [0, 0.05) is 51.0 Å². The van der Waals surface area contributed by atoms with E-state index in [2.05, 4.69) is 38.8 Å². The molecule has 0 aliphatic rings. The van der Waals surface area contributed by atoms with E-state index >= 15 is 0 Å². The molecule has 144 valence electrons. The molecule has 0 atom stereocenters. The SMILES string of the molecule is CN=C(NCCc1cn2cccc(C)c2n1)N(C)Cc1ccccc1Cl.I. The van der Waals surface area contributed by atoms with E-state index in [-0.39, 0.29) is 24.0 Å².